The molecule has 1 aromatic heterocycles. The van der Waals surface area contributed by atoms with Gasteiger partial charge in [-0.05, 0) is 47.0 Å². The summed E-state index contributed by atoms with van der Waals surface area (Å²) in [6.45, 7) is 0. The summed E-state index contributed by atoms with van der Waals surface area (Å²) in [7, 11) is 0. The summed E-state index contributed by atoms with van der Waals surface area (Å²) in [4.78, 5) is 4.41. The van der Waals surface area contributed by atoms with Crippen molar-refractivity contribution >= 4 is 34.8 Å². The lowest BCUT2D eigenvalue weighted by Gasteiger charge is -2.11. The highest BCUT2D eigenvalue weighted by molar-refractivity contribution is 6.31. The number of pyridine rings is 1. The molecule has 0 saturated carbocycles. The van der Waals surface area contributed by atoms with Crippen molar-refractivity contribution in [1.29, 1.82) is 0 Å². The molecule has 0 aliphatic rings. The first-order valence-electron chi connectivity index (χ1n) is 6.74. The molecule has 0 aliphatic heterocycles. The quantitative estimate of drug-likeness (QED) is 0.495. The fraction of sp³-hybridized carbons (Fsp3) is 0.0556. The van der Waals surface area contributed by atoms with Crippen LogP contribution in [0.4, 0.5) is 0 Å². The Bertz CT molecular complexity index is 780. The van der Waals surface area contributed by atoms with Crippen molar-refractivity contribution in [1.82, 2.24) is 4.98 Å². The van der Waals surface area contributed by atoms with Crippen molar-refractivity contribution in [3.05, 3.63) is 76.5 Å². The van der Waals surface area contributed by atoms with Crippen molar-refractivity contribution in [2.75, 3.05) is 0 Å². The van der Waals surface area contributed by atoms with Crippen LogP contribution in [0.15, 0.2) is 60.8 Å². The molecule has 22 heavy (non-hydrogen) atoms. The standard InChI is InChI=1S/C18H12Cl3N/c19-10-16-9-17(12-1-5-14(20)6-2-12)18(11-22-16)13-3-7-15(21)8-4-13/h1-9,11H,10H2. The maximum absolute atomic E-state index is 5.98. The van der Waals surface area contributed by atoms with E-state index in [0.29, 0.717) is 15.9 Å². The van der Waals surface area contributed by atoms with Gasteiger partial charge in [0.25, 0.3) is 0 Å². The molecule has 3 aromatic rings. The third kappa shape index (κ3) is 3.27. The van der Waals surface area contributed by atoms with Crippen LogP contribution in [0.3, 0.4) is 0 Å². The first kappa shape index (κ1) is 15.4. The van der Waals surface area contributed by atoms with Crippen LogP contribution >= 0.6 is 34.8 Å². The lowest BCUT2D eigenvalue weighted by Crippen LogP contribution is -1.91. The number of hydrogen-bond acceptors (Lipinski definition) is 1. The predicted molar refractivity (Wildman–Crippen MR) is 94.7 cm³/mol. The maximum atomic E-state index is 5.98. The molecule has 110 valence electrons. The van der Waals surface area contributed by atoms with Gasteiger partial charge in [0.2, 0.25) is 0 Å². The number of halogens is 3. The third-order valence-corrected chi connectivity index (χ3v) is 4.19. The van der Waals surface area contributed by atoms with Gasteiger partial charge in [-0.3, -0.25) is 4.98 Å². The second-order valence-electron chi connectivity index (χ2n) is 4.87. The summed E-state index contributed by atoms with van der Waals surface area (Å²) in [5.74, 6) is 0.376. The fourth-order valence-corrected chi connectivity index (χ4v) is 2.70. The largest absolute Gasteiger partial charge is 0.259 e. The van der Waals surface area contributed by atoms with Gasteiger partial charge in [0, 0.05) is 21.8 Å². The predicted octanol–water partition coefficient (Wildman–Crippen LogP) is 6.46. The van der Waals surface area contributed by atoms with Gasteiger partial charge in [-0.2, -0.15) is 0 Å². The van der Waals surface area contributed by atoms with Crippen LogP contribution in [-0.2, 0) is 5.88 Å². The van der Waals surface area contributed by atoms with Gasteiger partial charge in [0.15, 0.2) is 0 Å². The summed E-state index contributed by atoms with van der Waals surface area (Å²) in [6.07, 6.45) is 1.85. The molecule has 1 nitrogen and oxygen atoms in total. The van der Waals surface area contributed by atoms with Gasteiger partial charge in [-0.25, -0.2) is 0 Å². The molecule has 0 amide bonds. The number of benzene rings is 2. The first-order chi connectivity index (χ1) is 10.7. The molecule has 0 aliphatic carbocycles. The molecule has 1 heterocycles. The summed E-state index contributed by atoms with van der Waals surface area (Å²) in [5.41, 5.74) is 5.08. The maximum Gasteiger partial charge on any atom is 0.0647 e. The molecule has 0 bridgehead atoms. The van der Waals surface area contributed by atoms with E-state index in [4.69, 9.17) is 34.8 Å². The molecule has 2 aromatic carbocycles. The molecule has 0 saturated heterocycles. The SMILES string of the molecule is ClCc1cc(-c2ccc(Cl)cc2)c(-c2ccc(Cl)cc2)cn1. The molecule has 0 unspecified atom stereocenters. The molecular weight excluding hydrogens is 337 g/mol. The number of rotatable bonds is 3. The Kier molecular flexibility index (Phi) is 4.68. The summed E-state index contributed by atoms with van der Waals surface area (Å²) >= 11 is 17.9. The lowest BCUT2D eigenvalue weighted by molar-refractivity contribution is 1.17. The van der Waals surface area contributed by atoms with Crippen LogP contribution in [0.25, 0.3) is 22.3 Å². The zero-order valence-electron chi connectivity index (χ0n) is 11.6. The molecule has 3 rings (SSSR count). The molecule has 0 radical (unpaired) electrons. The van der Waals surface area contributed by atoms with Crippen LogP contribution < -0.4 is 0 Å². The third-order valence-electron chi connectivity index (χ3n) is 3.41. The van der Waals surface area contributed by atoms with E-state index in [-0.39, 0.29) is 0 Å². The van der Waals surface area contributed by atoms with Crippen LogP contribution in [-0.4, -0.2) is 4.98 Å². The molecule has 0 fully saturated rings. The van der Waals surface area contributed by atoms with Crippen molar-refractivity contribution in [3.63, 3.8) is 0 Å². The van der Waals surface area contributed by atoms with Crippen molar-refractivity contribution in [2.24, 2.45) is 0 Å². The van der Waals surface area contributed by atoms with Gasteiger partial charge in [-0.15, -0.1) is 11.6 Å². The normalized spacial score (nSPS) is 10.7. The topological polar surface area (TPSA) is 12.9 Å². The van der Waals surface area contributed by atoms with Crippen LogP contribution in [0.2, 0.25) is 10.0 Å². The smallest absolute Gasteiger partial charge is 0.0647 e. The fourth-order valence-electron chi connectivity index (χ4n) is 2.30. The van der Waals surface area contributed by atoms with E-state index >= 15 is 0 Å². The van der Waals surface area contributed by atoms with Crippen molar-refractivity contribution < 1.29 is 0 Å². The van der Waals surface area contributed by atoms with Gasteiger partial charge in [0.1, 0.15) is 0 Å². The molecular formula is C18H12Cl3N. The summed E-state index contributed by atoms with van der Waals surface area (Å²) in [5, 5.41) is 1.42. The van der Waals surface area contributed by atoms with Crippen LogP contribution in [0, 0.1) is 0 Å². The zero-order chi connectivity index (χ0) is 15.5. The summed E-state index contributed by atoms with van der Waals surface area (Å²) < 4.78 is 0. The minimum atomic E-state index is 0.376. The van der Waals surface area contributed by atoms with E-state index in [1.165, 1.54) is 0 Å². The van der Waals surface area contributed by atoms with E-state index in [9.17, 15) is 0 Å². The second-order valence-corrected chi connectivity index (χ2v) is 6.01. The Labute approximate surface area is 144 Å². The van der Waals surface area contributed by atoms with E-state index in [2.05, 4.69) is 4.98 Å². The molecule has 0 atom stereocenters. The van der Waals surface area contributed by atoms with Gasteiger partial charge >= 0.3 is 0 Å². The Morgan fingerprint density at radius 3 is 1.73 bits per heavy atom. The monoisotopic (exact) mass is 347 g/mol. The van der Waals surface area contributed by atoms with E-state index in [1.54, 1.807) is 0 Å². The van der Waals surface area contributed by atoms with Gasteiger partial charge < -0.3 is 0 Å². The average Bonchev–Trinajstić information content (AvgIpc) is 2.56. The minimum absolute atomic E-state index is 0.376. The average molecular weight is 349 g/mol. The molecule has 4 heteroatoms. The lowest BCUT2D eigenvalue weighted by atomic mass is 9.96. The summed E-state index contributed by atoms with van der Waals surface area (Å²) in [6, 6.07) is 17.5. The minimum Gasteiger partial charge on any atom is -0.259 e. The number of alkyl halides is 1. The Balaban J connectivity index is 2.17. The molecule has 0 N–H and O–H groups in total. The highest BCUT2D eigenvalue weighted by Crippen LogP contribution is 2.33. The highest BCUT2D eigenvalue weighted by atomic mass is 35.5. The number of hydrogen-bond donors (Lipinski definition) is 0. The van der Waals surface area contributed by atoms with Crippen LogP contribution in [0.1, 0.15) is 5.69 Å². The van der Waals surface area contributed by atoms with E-state index < -0.39 is 0 Å². The Morgan fingerprint density at radius 1 is 0.727 bits per heavy atom. The molecule has 0 spiro atoms. The Morgan fingerprint density at radius 2 is 1.23 bits per heavy atom. The second kappa shape index (κ2) is 6.70. The Hall–Kier alpha value is -1.54. The van der Waals surface area contributed by atoms with Crippen LogP contribution in [0.5, 0.6) is 0 Å². The zero-order valence-corrected chi connectivity index (χ0v) is 13.8. The van der Waals surface area contributed by atoms with Crippen molar-refractivity contribution in [2.45, 2.75) is 5.88 Å². The van der Waals surface area contributed by atoms with Crippen molar-refractivity contribution in [3.8, 4) is 22.3 Å². The van der Waals surface area contributed by atoms with E-state index in [1.807, 2.05) is 60.8 Å². The van der Waals surface area contributed by atoms with Gasteiger partial charge in [0.05, 0.1) is 11.6 Å². The highest BCUT2D eigenvalue weighted by Gasteiger charge is 2.10. The first-order valence-corrected chi connectivity index (χ1v) is 8.03. The number of aromatic nitrogens is 1. The number of nitrogens with zero attached hydrogens (tertiary/aromatic N) is 1. The van der Waals surface area contributed by atoms with E-state index in [0.717, 1.165) is 27.9 Å². The van der Waals surface area contributed by atoms with Gasteiger partial charge in [-0.1, -0.05) is 47.5 Å².